The third-order valence-corrected chi connectivity index (χ3v) is 6.57. The van der Waals surface area contributed by atoms with Crippen molar-refractivity contribution in [3.63, 3.8) is 0 Å². The maximum absolute atomic E-state index is 13.9. The molecule has 5 rings (SSSR count). The van der Waals surface area contributed by atoms with Gasteiger partial charge in [-0.1, -0.05) is 64.5 Å². The van der Waals surface area contributed by atoms with Gasteiger partial charge in [-0.15, -0.1) is 10.2 Å². The maximum atomic E-state index is 13.9. The van der Waals surface area contributed by atoms with Crippen molar-refractivity contribution in [3.8, 4) is 22.5 Å². The first kappa shape index (κ1) is 29.9. The summed E-state index contributed by atoms with van der Waals surface area (Å²) in [5, 5.41) is 25.8. The van der Waals surface area contributed by atoms with E-state index in [4.69, 9.17) is 11.6 Å². The molecule has 5 aromatic rings. The average molecular weight is 621 g/mol. The number of hydrogen-bond acceptors (Lipinski definition) is 6. The molecule has 43 heavy (non-hydrogen) atoms. The van der Waals surface area contributed by atoms with Crippen LogP contribution in [0.1, 0.15) is 32.9 Å². The molecule has 0 fully saturated rings. The molecule has 2 heterocycles. The van der Waals surface area contributed by atoms with Gasteiger partial charge in [-0.3, -0.25) is 4.79 Å². The fourth-order valence-corrected chi connectivity index (χ4v) is 4.68. The van der Waals surface area contributed by atoms with E-state index in [1.807, 2.05) is 0 Å². The van der Waals surface area contributed by atoms with Crippen LogP contribution < -0.4 is 0 Å². The van der Waals surface area contributed by atoms with E-state index in [2.05, 4.69) is 20.6 Å². The van der Waals surface area contributed by atoms with E-state index in [1.165, 1.54) is 4.68 Å². The molecule has 0 amide bonds. The second kappa shape index (κ2) is 11.6. The summed E-state index contributed by atoms with van der Waals surface area (Å²) in [7, 11) is 0. The van der Waals surface area contributed by atoms with E-state index >= 15 is 0 Å². The van der Waals surface area contributed by atoms with Gasteiger partial charge in [0.25, 0.3) is 0 Å². The SMILES string of the molecule is O=C(c1nnn(CCO)c1-c1cccc(Cl)c1)c1nnn(Cc2cc(C(F)(F)F)cc(C(F)(F)F)c2)c1-c1ccccc1. The first-order valence-electron chi connectivity index (χ1n) is 12.5. The number of aromatic nitrogens is 6. The van der Waals surface area contributed by atoms with Crippen LogP contribution in [0.3, 0.4) is 0 Å². The van der Waals surface area contributed by atoms with Crippen LogP contribution in [0.4, 0.5) is 26.3 Å². The van der Waals surface area contributed by atoms with E-state index < -0.39 is 35.8 Å². The lowest BCUT2D eigenvalue weighted by Gasteiger charge is -2.15. The van der Waals surface area contributed by atoms with Gasteiger partial charge in [0.05, 0.1) is 30.8 Å². The van der Waals surface area contributed by atoms with Crippen LogP contribution in [0, 0.1) is 0 Å². The summed E-state index contributed by atoms with van der Waals surface area (Å²) in [4.78, 5) is 13.9. The molecule has 0 spiro atoms. The summed E-state index contributed by atoms with van der Waals surface area (Å²) >= 11 is 6.15. The minimum Gasteiger partial charge on any atom is -0.394 e. The first-order chi connectivity index (χ1) is 20.4. The van der Waals surface area contributed by atoms with Gasteiger partial charge in [0.1, 0.15) is 11.4 Å². The number of aliphatic hydroxyl groups is 1. The Hall–Kier alpha value is -4.56. The lowest BCUT2D eigenvalue weighted by molar-refractivity contribution is -0.143. The Labute approximate surface area is 244 Å². The number of alkyl halides is 6. The number of halogens is 7. The van der Waals surface area contributed by atoms with Crippen LogP contribution in [-0.4, -0.2) is 47.5 Å². The fourth-order valence-electron chi connectivity index (χ4n) is 4.49. The number of carbonyl (C=O) groups is 1. The highest BCUT2D eigenvalue weighted by Gasteiger charge is 2.37. The number of benzene rings is 3. The Balaban J connectivity index is 1.65. The highest BCUT2D eigenvalue weighted by Crippen LogP contribution is 2.37. The molecule has 2 aromatic heterocycles. The Bertz CT molecular complexity index is 1750. The molecule has 1 N–H and O–H groups in total. The van der Waals surface area contributed by atoms with Crippen LogP contribution in [0.25, 0.3) is 22.5 Å². The zero-order chi connectivity index (χ0) is 30.9. The van der Waals surface area contributed by atoms with Gasteiger partial charge in [-0.25, -0.2) is 9.36 Å². The lowest BCUT2D eigenvalue weighted by Crippen LogP contribution is -2.14. The van der Waals surface area contributed by atoms with E-state index in [9.17, 15) is 36.2 Å². The van der Waals surface area contributed by atoms with Crippen molar-refractivity contribution in [1.82, 2.24) is 30.0 Å². The number of rotatable bonds is 8. The first-order valence-corrected chi connectivity index (χ1v) is 12.9. The molecule has 15 heteroatoms. The number of carbonyl (C=O) groups excluding carboxylic acids is 1. The smallest absolute Gasteiger partial charge is 0.394 e. The van der Waals surface area contributed by atoms with Gasteiger partial charge in [0.15, 0.2) is 11.4 Å². The molecule has 0 aliphatic carbocycles. The number of aliphatic hydroxyl groups excluding tert-OH is 1. The van der Waals surface area contributed by atoms with Crippen LogP contribution >= 0.6 is 11.6 Å². The molecule has 0 bridgehead atoms. The summed E-state index contributed by atoms with van der Waals surface area (Å²) in [6, 6.07) is 15.8. The van der Waals surface area contributed by atoms with Gasteiger partial charge in [-0.05, 0) is 35.9 Å². The Morgan fingerprint density at radius 2 is 1.30 bits per heavy atom. The summed E-state index contributed by atoms with van der Waals surface area (Å²) in [6.07, 6.45) is -10.1. The molecule has 3 aromatic carbocycles. The molecule has 0 aliphatic rings. The minimum absolute atomic E-state index is 0.0164. The normalized spacial score (nSPS) is 12.1. The molecule has 0 saturated carbocycles. The van der Waals surface area contributed by atoms with Gasteiger partial charge >= 0.3 is 12.4 Å². The van der Waals surface area contributed by atoms with Gasteiger partial charge in [0, 0.05) is 16.1 Å². The molecule has 0 unspecified atom stereocenters. The monoisotopic (exact) mass is 620 g/mol. The van der Waals surface area contributed by atoms with E-state index in [1.54, 1.807) is 54.6 Å². The summed E-state index contributed by atoms with van der Waals surface area (Å²) in [6.45, 7) is -0.916. The van der Waals surface area contributed by atoms with Crippen LogP contribution in [-0.2, 0) is 25.4 Å². The molecule has 0 radical (unpaired) electrons. The quantitative estimate of drug-likeness (QED) is 0.165. The summed E-state index contributed by atoms with van der Waals surface area (Å²) < 4.78 is 83.3. The highest BCUT2D eigenvalue weighted by molar-refractivity contribution is 6.30. The number of ketones is 1. The Morgan fingerprint density at radius 1 is 0.744 bits per heavy atom. The lowest BCUT2D eigenvalue weighted by atomic mass is 10.0. The van der Waals surface area contributed by atoms with Crippen molar-refractivity contribution >= 4 is 17.4 Å². The number of nitrogens with zero attached hydrogens (tertiary/aromatic N) is 6. The van der Waals surface area contributed by atoms with Gasteiger partial charge in [-0.2, -0.15) is 26.3 Å². The topological polar surface area (TPSA) is 98.7 Å². The predicted molar refractivity (Wildman–Crippen MR) is 142 cm³/mol. The summed E-state index contributed by atoms with van der Waals surface area (Å²) in [5.74, 6) is -0.774. The molecule has 8 nitrogen and oxygen atoms in total. The van der Waals surface area contributed by atoms with Crippen LogP contribution in [0.5, 0.6) is 0 Å². The largest absolute Gasteiger partial charge is 0.416 e. The van der Waals surface area contributed by atoms with Crippen molar-refractivity contribution < 1.29 is 36.2 Å². The van der Waals surface area contributed by atoms with Crippen LogP contribution in [0.2, 0.25) is 5.02 Å². The van der Waals surface area contributed by atoms with Crippen molar-refractivity contribution in [2.45, 2.75) is 25.4 Å². The van der Waals surface area contributed by atoms with Crippen molar-refractivity contribution in [2.75, 3.05) is 6.61 Å². The second-order valence-corrected chi connectivity index (χ2v) is 9.73. The zero-order valence-corrected chi connectivity index (χ0v) is 22.5. The molecule has 0 aliphatic heterocycles. The van der Waals surface area contributed by atoms with Gasteiger partial charge in [0.2, 0.25) is 5.78 Å². The van der Waals surface area contributed by atoms with E-state index in [0.717, 1.165) is 4.68 Å². The van der Waals surface area contributed by atoms with Crippen molar-refractivity contribution in [1.29, 1.82) is 0 Å². The average Bonchev–Trinajstić information content (AvgIpc) is 3.57. The highest BCUT2D eigenvalue weighted by atomic mass is 35.5. The second-order valence-electron chi connectivity index (χ2n) is 9.30. The predicted octanol–water partition coefficient (Wildman–Crippen LogP) is 6.17. The Kier molecular flexibility index (Phi) is 8.08. The maximum Gasteiger partial charge on any atom is 0.416 e. The number of hydrogen-bond donors (Lipinski definition) is 1. The minimum atomic E-state index is -5.04. The van der Waals surface area contributed by atoms with Crippen molar-refractivity contribution in [2.24, 2.45) is 0 Å². The Morgan fingerprint density at radius 3 is 1.86 bits per heavy atom. The molecule has 0 saturated heterocycles. The molecular formula is C28H19ClF6N6O2. The molecule has 0 atom stereocenters. The molecular weight excluding hydrogens is 602 g/mol. The van der Waals surface area contributed by atoms with E-state index in [-0.39, 0.29) is 47.6 Å². The standard InChI is InChI=1S/C28H19ClF6N6O2/c29-21-8-4-7-18(13-21)25-23(36-38-40(25)9-10-42)26(43)22-24(17-5-2-1-3-6-17)41(39-37-22)15-16-11-19(27(30,31)32)14-20(12-16)28(33,34)35/h1-8,11-14,42H,9-10,15H2. The molecule has 222 valence electrons. The van der Waals surface area contributed by atoms with Crippen LogP contribution in [0.15, 0.2) is 72.8 Å². The summed E-state index contributed by atoms with van der Waals surface area (Å²) in [5.41, 5.74) is -2.72. The zero-order valence-electron chi connectivity index (χ0n) is 21.7. The fraction of sp³-hybridized carbons (Fsp3) is 0.179. The van der Waals surface area contributed by atoms with E-state index in [0.29, 0.717) is 28.3 Å². The van der Waals surface area contributed by atoms with Gasteiger partial charge < -0.3 is 5.11 Å². The third kappa shape index (κ3) is 6.29. The van der Waals surface area contributed by atoms with Crippen molar-refractivity contribution in [3.05, 3.63) is 106 Å². The third-order valence-electron chi connectivity index (χ3n) is 6.34.